The van der Waals surface area contributed by atoms with Crippen LogP contribution >= 0.6 is 7.82 Å². The number of aliphatic hydroxyl groups excluding tert-OH is 1. The molecular weight excluding hydrogens is 719 g/mol. The van der Waals surface area contributed by atoms with Crippen molar-refractivity contribution in [1.82, 2.24) is 5.32 Å². The number of nitrogens with one attached hydrogen (secondary N) is 1. The van der Waals surface area contributed by atoms with Crippen LogP contribution in [0.1, 0.15) is 232 Å². The third-order valence-corrected chi connectivity index (χ3v) is 12.0. The Kier molecular flexibility index (Phi) is 39.1. The van der Waals surface area contributed by atoms with Crippen molar-refractivity contribution in [2.75, 3.05) is 40.9 Å². The smallest absolute Gasteiger partial charge is 0.391 e. The number of carbonyl (C=O) groups excluding carboxylic acids is 1. The lowest BCUT2D eigenvalue weighted by molar-refractivity contribution is -0.870. The first-order chi connectivity index (χ1) is 27.0. The second kappa shape index (κ2) is 39.7. The van der Waals surface area contributed by atoms with Gasteiger partial charge in [-0.2, -0.15) is 0 Å². The van der Waals surface area contributed by atoms with Crippen LogP contribution < -0.4 is 5.32 Å². The van der Waals surface area contributed by atoms with Crippen LogP contribution in [0.3, 0.4) is 0 Å². The normalized spacial score (nSPS) is 14.3. The first-order valence-corrected chi connectivity index (χ1v) is 25.5. The van der Waals surface area contributed by atoms with Crippen molar-refractivity contribution in [3.63, 3.8) is 0 Å². The summed E-state index contributed by atoms with van der Waals surface area (Å²) in [6.45, 7) is 4.89. The SMILES string of the molecule is CCCCCCCC/C=C\CCCCCC(=O)NC(COP(=O)(O)OCC[N+](C)(C)C)C(O)CCCCCCCCCCCCCCCCCCCCCCC. The highest BCUT2D eigenvalue weighted by molar-refractivity contribution is 7.47. The van der Waals surface area contributed by atoms with E-state index >= 15 is 0 Å². The predicted octanol–water partition coefficient (Wildman–Crippen LogP) is 13.5. The monoisotopic (exact) mass is 816 g/mol. The average molecular weight is 816 g/mol. The molecular formula is C47H96N2O6P+. The van der Waals surface area contributed by atoms with Gasteiger partial charge in [-0.3, -0.25) is 13.8 Å². The maximum absolute atomic E-state index is 12.9. The summed E-state index contributed by atoms with van der Waals surface area (Å²) in [5, 5.41) is 14.0. The molecule has 0 aliphatic heterocycles. The molecule has 334 valence electrons. The van der Waals surface area contributed by atoms with Gasteiger partial charge in [0, 0.05) is 6.42 Å². The number of quaternary nitrogens is 1. The summed E-state index contributed by atoms with van der Waals surface area (Å²) >= 11 is 0. The lowest BCUT2D eigenvalue weighted by atomic mass is 10.0. The molecule has 8 nitrogen and oxygen atoms in total. The molecule has 9 heteroatoms. The summed E-state index contributed by atoms with van der Waals surface area (Å²) in [5.41, 5.74) is 0. The molecule has 0 heterocycles. The van der Waals surface area contributed by atoms with Crippen molar-refractivity contribution in [1.29, 1.82) is 0 Å². The maximum Gasteiger partial charge on any atom is 0.472 e. The van der Waals surface area contributed by atoms with Crippen molar-refractivity contribution >= 4 is 13.7 Å². The fraction of sp³-hybridized carbons (Fsp3) is 0.936. The molecule has 0 aliphatic carbocycles. The molecule has 0 rings (SSSR count). The van der Waals surface area contributed by atoms with E-state index in [0.717, 1.165) is 51.4 Å². The fourth-order valence-corrected chi connectivity index (χ4v) is 7.89. The third kappa shape index (κ3) is 41.4. The summed E-state index contributed by atoms with van der Waals surface area (Å²) in [6, 6.07) is -0.764. The van der Waals surface area contributed by atoms with Crippen LogP contribution in [0.15, 0.2) is 12.2 Å². The Bertz CT molecular complexity index is 927. The van der Waals surface area contributed by atoms with Gasteiger partial charge in [-0.25, -0.2) is 4.57 Å². The number of allylic oxidation sites excluding steroid dienone is 2. The highest BCUT2D eigenvalue weighted by Crippen LogP contribution is 2.43. The van der Waals surface area contributed by atoms with Crippen LogP contribution in [0, 0.1) is 0 Å². The Labute approximate surface area is 348 Å². The Hall–Kier alpha value is -0.760. The van der Waals surface area contributed by atoms with Crippen LogP contribution in [0.4, 0.5) is 0 Å². The number of amides is 1. The van der Waals surface area contributed by atoms with Gasteiger partial charge in [0.2, 0.25) is 5.91 Å². The van der Waals surface area contributed by atoms with Crippen LogP contribution in [0.5, 0.6) is 0 Å². The van der Waals surface area contributed by atoms with Gasteiger partial charge in [0.15, 0.2) is 0 Å². The molecule has 3 atom stereocenters. The number of hydrogen-bond acceptors (Lipinski definition) is 5. The number of phosphoric acid groups is 1. The van der Waals surface area contributed by atoms with Crippen LogP contribution in [0.25, 0.3) is 0 Å². The maximum atomic E-state index is 12.9. The fourth-order valence-electron chi connectivity index (χ4n) is 7.16. The molecule has 56 heavy (non-hydrogen) atoms. The summed E-state index contributed by atoms with van der Waals surface area (Å²) in [7, 11) is 1.61. The molecule has 0 aliphatic rings. The Balaban J connectivity index is 4.26. The number of unbranched alkanes of at least 4 members (excludes halogenated alkanes) is 29. The van der Waals surface area contributed by atoms with Crippen molar-refractivity contribution in [2.45, 2.75) is 244 Å². The number of likely N-dealkylation sites (N-methyl/N-ethyl adjacent to an activating group) is 1. The van der Waals surface area contributed by atoms with Crippen molar-refractivity contribution in [3.05, 3.63) is 12.2 Å². The summed E-state index contributed by atoms with van der Waals surface area (Å²) in [5.74, 6) is -0.159. The number of rotatable bonds is 44. The molecule has 0 fully saturated rings. The van der Waals surface area contributed by atoms with Crippen molar-refractivity contribution in [3.8, 4) is 0 Å². The van der Waals surface area contributed by atoms with Crippen molar-refractivity contribution in [2.24, 2.45) is 0 Å². The van der Waals surface area contributed by atoms with Crippen molar-refractivity contribution < 1.29 is 32.9 Å². The largest absolute Gasteiger partial charge is 0.472 e. The van der Waals surface area contributed by atoms with Gasteiger partial charge in [-0.1, -0.05) is 199 Å². The first kappa shape index (κ1) is 55.2. The quantitative estimate of drug-likeness (QED) is 0.0245. The topological polar surface area (TPSA) is 105 Å². The van der Waals surface area contributed by atoms with E-state index in [0.29, 0.717) is 23.9 Å². The number of phosphoric ester groups is 1. The zero-order chi connectivity index (χ0) is 41.4. The number of aliphatic hydroxyl groups is 1. The van der Waals surface area contributed by atoms with Gasteiger partial charge >= 0.3 is 7.82 Å². The second-order valence-corrected chi connectivity index (χ2v) is 19.3. The molecule has 1 amide bonds. The lowest BCUT2D eigenvalue weighted by Gasteiger charge is -2.26. The number of nitrogens with zero attached hydrogens (tertiary/aromatic N) is 1. The average Bonchev–Trinajstić information content (AvgIpc) is 3.15. The summed E-state index contributed by atoms with van der Waals surface area (Å²) < 4.78 is 23.6. The summed E-state index contributed by atoms with van der Waals surface area (Å²) in [4.78, 5) is 23.1. The first-order valence-electron chi connectivity index (χ1n) is 24.1. The van der Waals surface area contributed by atoms with Gasteiger partial charge in [0.25, 0.3) is 0 Å². The zero-order valence-corrected chi connectivity index (χ0v) is 38.8. The number of carbonyl (C=O) groups is 1. The minimum Gasteiger partial charge on any atom is -0.391 e. The Morgan fingerprint density at radius 2 is 0.964 bits per heavy atom. The van der Waals surface area contributed by atoms with E-state index in [9.17, 15) is 19.4 Å². The standard InChI is InChI=1S/C47H95N2O6P/c1-6-8-10-12-14-16-18-20-21-22-23-24-25-26-27-29-30-32-34-36-38-40-46(50)45(44-55-56(52,53)54-43-42-49(3,4)5)48-47(51)41-39-37-35-33-31-28-19-17-15-13-11-9-7-2/h28,31,45-46,50H,6-27,29-30,32-44H2,1-5H3,(H-,48,51,52,53)/p+1/b31-28-. The lowest BCUT2D eigenvalue weighted by Crippen LogP contribution is -2.46. The highest BCUT2D eigenvalue weighted by atomic mass is 31.2. The molecule has 0 spiro atoms. The number of hydrogen-bond donors (Lipinski definition) is 3. The Morgan fingerprint density at radius 1 is 0.589 bits per heavy atom. The van der Waals surface area contributed by atoms with E-state index in [1.54, 1.807) is 0 Å². The molecule has 0 aromatic rings. The minimum atomic E-state index is -4.31. The van der Waals surface area contributed by atoms with Crippen LogP contribution in [-0.4, -0.2) is 73.4 Å². The minimum absolute atomic E-state index is 0.0739. The zero-order valence-electron chi connectivity index (χ0n) is 37.9. The Morgan fingerprint density at radius 3 is 1.38 bits per heavy atom. The molecule has 0 saturated heterocycles. The third-order valence-electron chi connectivity index (χ3n) is 11.0. The van der Waals surface area contributed by atoms with Crippen LogP contribution in [0.2, 0.25) is 0 Å². The molecule has 0 radical (unpaired) electrons. The molecule has 0 aromatic heterocycles. The molecule has 0 aromatic carbocycles. The molecule has 3 unspecified atom stereocenters. The second-order valence-electron chi connectivity index (χ2n) is 17.8. The van der Waals surface area contributed by atoms with Gasteiger partial charge in [0.1, 0.15) is 13.2 Å². The van der Waals surface area contributed by atoms with Gasteiger partial charge in [-0.15, -0.1) is 0 Å². The van der Waals surface area contributed by atoms with Gasteiger partial charge in [0.05, 0.1) is 39.9 Å². The van der Waals surface area contributed by atoms with Gasteiger partial charge in [-0.05, 0) is 38.5 Å². The van der Waals surface area contributed by atoms with E-state index in [4.69, 9.17) is 9.05 Å². The van der Waals surface area contributed by atoms with E-state index in [1.165, 1.54) is 154 Å². The summed E-state index contributed by atoms with van der Waals surface area (Å²) in [6.07, 6.45) is 45.3. The molecule has 0 bridgehead atoms. The molecule has 3 N–H and O–H groups in total. The predicted molar refractivity (Wildman–Crippen MR) is 240 cm³/mol. The van der Waals surface area contributed by atoms with E-state index in [2.05, 4.69) is 31.3 Å². The van der Waals surface area contributed by atoms with E-state index in [-0.39, 0.29) is 19.1 Å². The highest BCUT2D eigenvalue weighted by Gasteiger charge is 2.28. The molecule has 0 saturated carbocycles. The van der Waals surface area contributed by atoms with E-state index in [1.807, 2.05) is 21.1 Å². The van der Waals surface area contributed by atoms with Gasteiger partial charge < -0.3 is 19.8 Å². The van der Waals surface area contributed by atoms with E-state index < -0.39 is 20.0 Å². The van der Waals surface area contributed by atoms with Crippen LogP contribution in [-0.2, 0) is 18.4 Å².